The molecule has 2 atom stereocenters. The molecular weight excluding hydrogens is 244 g/mol. The predicted molar refractivity (Wildman–Crippen MR) is 75.7 cm³/mol. The van der Waals surface area contributed by atoms with Crippen LogP contribution < -0.4 is 5.73 Å². The van der Waals surface area contributed by atoms with Crippen molar-refractivity contribution in [3.63, 3.8) is 0 Å². The number of aromatic nitrogens is 1. The van der Waals surface area contributed by atoms with Crippen LogP contribution in [0.1, 0.15) is 55.1 Å². The van der Waals surface area contributed by atoms with Gasteiger partial charge in [-0.3, -0.25) is 0 Å². The Morgan fingerprint density at radius 3 is 2.89 bits per heavy atom. The summed E-state index contributed by atoms with van der Waals surface area (Å²) >= 11 is 1.75. The summed E-state index contributed by atoms with van der Waals surface area (Å²) in [6.45, 7) is 7.78. The van der Waals surface area contributed by atoms with Crippen molar-refractivity contribution in [2.45, 2.75) is 58.6 Å². The second kappa shape index (κ2) is 5.68. The summed E-state index contributed by atoms with van der Waals surface area (Å²) in [5.74, 6) is 0.718. The first-order valence-electron chi connectivity index (χ1n) is 6.92. The van der Waals surface area contributed by atoms with E-state index in [0.717, 1.165) is 36.1 Å². The standard InChI is InChI=1S/C14H24N2OS/c1-4-17-14(7-5-6-10(2)8-14)13-16-11(3)12(9-15)18-13/h10H,4-9,15H2,1-3H3. The van der Waals surface area contributed by atoms with Crippen molar-refractivity contribution < 1.29 is 4.74 Å². The summed E-state index contributed by atoms with van der Waals surface area (Å²) in [5, 5.41) is 1.15. The Kier molecular flexibility index (Phi) is 4.41. The highest BCUT2D eigenvalue weighted by atomic mass is 32.1. The third-order valence-corrected chi connectivity index (χ3v) is 5.21. The third kappa shape index (κ3) is 2.60. The molecule has 1 saturated carbocycles. The number of aryl methyl sites for hydroxylation is 1. The normalized spacial score (nSPS) is 28.6. The summed E-state index contributed by atoms with van der Waals surface area (Å²) in [6, 6.07) is 0. The molecule has 1 aliphatic carbocycles. The van der Waals surface area contributed by atoms with Crippen LogP contribution in [0.15, 0.2) is 0 Å². The maximum absolute atomic E-state index is 6.15. The fourth-order valence-corrected chi connectivity index (χ4v) is 4.10. The molecular formula is C14H24N2OS. The topological polar surface area (TPSA) is 48.1 Å². The monoisotopic (exact) mass is 268 g/mol. The molecule has 2 rings (SSSR count). The van der Waals surface area contributed by atoms with Crippen LogP contribution in [0.25, 0.3) is 0 Å². The average Bonchev–Trinajstić information content (AvgIpc) is 2.71. The summed E-state index contributed by atoms with van der Waals surface area (Å²) in [5.41, 5.74) is 6.70. The second-order valence-corrected chi connectivity index (χ2v) is 6.44. The highest BCUT2D eigenvalue weighted by molar-refractivity contribution is 7.11. The van der Waals surface area contributed by atoms with Crippen LogP contribution in [0.2, 0.25) is 0 Å². The average molecular weight is 268 g/mol. The van der Waals surface area contributed by atoms with Crippen LogP contribution in [-0.4, -0.2) is 11.6 Å². The van der Waals surface area contributed by atoms with E-state index in [0.29, 0.717) is 6.54 Å². The molecule has 0 aromatic carbocycles. The fourth-order valence-electron chi connectivity index (χ4n) is 2.98. The van der Waals surface area contributed by atoms with Crippen LogP contribution in [0.3, 0.4) is 0 Å². The first-order chi connectivity index (χ1) is 8.61. The molecule has 1 heterocycles. The Labute approximate surface area is 114 Å². The van der Waals surface area contributed by atoms with Crippen molar-refractivity contribution >= 4 is 11.3 Å². The van der Waals surface area contributed by atoms with E-state index in [4.69, 9.17) is 15.5 Å². The summed E-state index contributed by atoms with van der Waals surface area (Å²) in [6.07, 6.45) is 4.74. The van der Waals surface area contributed by atoms with Crippen molar-refractivity contribution in [3.8, 4) is 0 Å². The SMILES string of the molecule is CCOC1(c2nc(C)c(CN)s2)CCCC(C)C1. The van der Waals surface area contributed by atoms with Crippen LogP contribution >= 0.6 is 11.3 Å². The lowest BCUT2D eigenvalue weighted by atomic mass is 9.79. The Morgan fingerprint density at radius 2 is 2.33 bits per heavy atom. The van der Waals surface area contributed by atoms with E-state index in [2.05, 4.69) is 13.8 Å². The van der Waals surface area contributed by atoms with E-state index in [1.807, 2.05) is 6.92 Å². The summed E-state index contributed by atoms with van der Waals surface area (Å²) in [7, 11) is 0. The molecule has 1 aromatic heterocycles. The van der Waals surface area contributed by atoms with Gasteiger partial charge in [0.2, 0.25) is 0 Å². The molecule has 0 amide bonds. The molecule has 1 aromatic rings. The Morgan fingerprint density at radius 1 is 1.56 bits per heavy atom. The molecule has 1 fully saturated rings. The second-order valence-electron chi connectivity index (χ2n) is 5.36. The van der Waals surface area contributed by atoms with E-state index in [-0.39, 0.29) is 5.60 Å². The molecule has 18 heavy (non-hydrogen) atoms. The van der Waals surface area contributed by atoms with Crippen LogP contribution in [-0.2, 0) is 16.9 Å². The maximum Gasteiger partial charge on any atom is 0.125 e. The number of hydrogen-bond donors (Lipinski definition) is 1. The first kappa shape index (κ1) is 14.0. The minimum atomic E-state index is -0.144. The lowest BCUT2D eigenvalue weighted by Gasteiger charge is -2.38. The van der Waals surface area contributed by atoms with Gasteiger partial charge in [0.15, 0.2) is 0 Å². The number of hydrogen-bond acceptors (Lipinski definition) is 4. The molecule has 2 unspecified atom stereocenters. The quantitative estimate of drug-likeness (QED) is 0.911. The van der Waals surface area contributed by atoms with Gasteiger partial charge in [0.1, 0.15) is 10.6 Å². The molecule has 1 aliphatic rings. The number of ether oxygens (including phenoxy) is 1. The largest absolute Gasteiger partial charge is 0.368 e. The van der Waals surface area contributed by atoms with Crippen LogP contribution in [0.5, 0.6) is 0 Å². The number of nitrogens with two attached hydrogens (primary N) is 1. The van der Waals surface area contributed by atoms with E-state index >= 15 is 0 Å². The molecule has 4 heteroatoms. The van der Waals surface area contributed by atoms with Crippen molar-refractivity contribution in [1.82, 2.24) is 4.98 Å². The maximum atomic E-state index is 6.15. The molecule has 0 aliphatic heterocycles. The molecule has 102 valence electrons. The lowest BCUT2D eigenvalue weighted by molar-refractivity contribution is -0.0821. The Bertz CT molecular complexity index is 400. The molecule has 0 radical (unpaired) electrons. The zero-order chi connectivity index (χ0) is 13.2. The zero-order valence-electron chi connectivity index (χ0n) is 11.7. The number of rotatable bonds is 4. The Hall–Kier alpha value is -0.450. The Balaban J connectivity index is 2.33. The highest BCUT2D eigenvalue weighted by Crippen LogP contribution is 2.44. The van der Waals surface area contributed by atoms with Crippen LogP contribution in [0, 0.1) is 12.8 Å². The van der Waals surface area contributed by atoms with Crippen molar-refractivity contribution in [2.75, 3.05) is 6.61 Å². The van der Waals surface area contributed by atoms with E-state index in [1.165, 1.54) is 17.7 Å². The van der Waals surface area contributed by atoms with E-state index < -0.39 is 0 Å². The van der Waals surface area contributed by atoms with E-state index in [9.17, 15) is 0 Å². The smallest absolute Gasteiger partial charge is 0.125 e. The minimum absolute atomic E-state index is 0.144. The highest BCUT2D eigenvalue weighted by Gasteiger charge is 2.40. The molecule has 3 nitrogen and oxygen atoms in total. The molecule has 0 spiro atoms. The summed E-state index contributed by atoms with van der Waals surface area (Å²) in [4.78, 5) is 5.94. The molecule has 0 bridgehead atoms. The summed E-state index contributed by atoms with van der Waals surface area (Å²) < 4.78 is 6.15. The van der Waals surface area contributed by atoms with Gasteiger partial charge in [0, 0.05) is 18.0 Å². The fraction of sp³-hybridized carbons (Fsp3) is 0.786. The van der Waals surface area contributed by atoms with Gasteiger partial charge in [-0.05, 0) is 39.0 Å². The number of thiazole rings is 1. The van der Waals surface area contributed by atoms with E-state index in [1.54, 1.807) is 11.3 Å². The number of nitrogens with zero attached hydrogens (tertiary/aromatic N) is 1. The van der Waals surface area contributed by atoms with Gasteiger partial charge in [0.25, 0.3) is 0 Å². The van der Waals surface area contributed by atoms with Crippen molar-refractivity contribution in [3.05, 3.63) is 15.6 Å². The predicted octanol–water partition coefficient (Wildman–Crippen LogP) is 3.35. The van der Waals surface area contributed by atoms with Gasteiger partial charge < -0.3 is 10.5 Å². The van der Waals surface area contributed by atoms with Gasteiger partial charge >= 0.3 is 0 Å². The van der Waals surface area contributed by atoms with Gasteiger partial charge in [-0.1, -0.05) is 13.3 Å². The van der Waals surface area contributed by atoms with Crippen molar-refractivity contribution in [2.24, 2.45) is 11.7 Å². The lowest BCUT2D eigenvalue weighted by Crippen LogP contribution is -2.35. The van der Waals surface area contributed by atoms with Crippen LogP contribution in [0.4, 0.5) is 0 Å². The molecule has 0 saturated heterocycles. The molecule has 2 N–H and O–H groups in total. The third-order valence-electron chi connectivity index (χ3n) is 3.84. The zero-order valence-corrected chi connectivity index (χ0v) is 12.5. The van der Waals surface area contributed by atoms with Gasteiger partial charge in [-0.15, -0.1) is 11.3 Å². The van der Waals surface area contributed by atoms with Gasteiger partial charge in [-0.25, -0.2) is 4.98 Å². The van der Waals surface area contributed by atoms with Gasteiger partial charge in [-0.2, -0.15) is 0 Å². The minimum Gasteiger partial charge on any atom is -0.368 e. The first-order valence-corrected chi connectivity index (χ1v) is 7.73. The van der Waals surface area contributed by atoms with Crippen molar-refractivity contribution in [1.29, 1.82) is 0 Å². The van der Waals surface area contributed by atoms with Gasteiger partial charge in [0.05, 0.1) is 5.69 Å².